The van der Waals surface area contributed by atoms with Crippen LogP contribution in [0.15, 0.2) is 41.0 Å². The molecule has 0 spiro atoms. The molecule has 0 atom stereocenters. The van der Waals surface area contributed by atoms with Crippen LogP contribution in [0.2, 0.25) is 0 Å². The second kappa shape index (κ2) is 11.6. The summed E-state index contributed by atoms with van der Waals surface area (Å²) in [6.45, 7) is 10.5. The lowest BCUT2D eigenvalue weighted by atomic mass is 9.98. The van der Waals surface area contributed by atoms with Crippen LogP contribution in [-0.2, 0) is 11.3 Å². The Morgan fingerprint density at radius 2 is 1.92 bits per heavy atom. The van der Waals surface area contributed by atoms with Gasteiger partial charge in [0.05, 0.1) is 0 Å². The number of anilines is 2. The number of pyridine rings is 1. The molecule has 1 heterocycles. The Morgan fingerprint density at radius 3 is 2.50 bits per heavy atom. The van der Waals surface area contributed by atoms with Crippen LogP contribution in [-0.4, -0.2) is 23.1 Å². The number of halogens is 1. The van der Waals surface area contributed by atoms with Crippen LogP contribution < -0.4 is 10.6 Å². The van der Waals surface area contributed by atoms with Gasteiger partial charge in [-0.05, 0) is 53.8 Å². The molecule has 26 heavy (non-hydrogen) atoms. The van der Waals surface area contributed by atoms with Crippen LogP contribution >= 0.6 is 15.9 Å². The van der Waals surface area contributed by atoms with Crippen molar-refractivity contribution >= 4 is 33.9 Å². The molecule has 142 valence electrons. The predicted molar refractivity (Wildman–Crippen MR) is 111 cm³/mol. The molecule has 0 aliphatic heterocycles. The fourth-order valence-corrected chi connectivity index (χ4v) is 2.86. The van der Waals surface area contributed by atoms with Crippen molar-refractivity contribution in [2.75, 3.05) is 11.9 Å². The first-order chi connectivity index (χ1) is 12.4. The Kier molecular flexibility index (Phi) is 9.91. The molecule has 0 saturated carbocycles. The van der Waals surface area contributed by atoms with Gasteiger partial charge in [0, 0.05) is 22.9 Å². The van der Waals surface area contributed by atoms with Gasteiger partial charge in [-0.3, -0.25) is 4.79 Å². The van der Waals surface area contributed by atoms with Gasteiger partial charge in [0.2, 0.25) is 0 Å². The molecule has 1 aromatic heterocycles. The number of nitrogens with one attached hydrogen (secondary N) is 2. The highest BCUT2D eigenvalue weighted by Gasteiger charge is 2.09. The first-order valence-electron chi connectivity index (χ1n) is 8.67. The first kappa shape index (κ1) is 22.1. The van der Waals surface area contributed by atoms with E-state index in [1.807, 2.05) is 24.4 Å². The van der Waals surface area contributed by atoms with Gasteiger partial charge < -0.3 is 15.7 Å². The molecule has 0 aliphatic carbocycles. The van der Waals surface area contributed by atoms with Crippen LogP contribution in [0.1, 0.15) is 44.7 Å². The van der Waals surface area contributed by atoms with Crippen molar-refractivity contribution in [3.8, 4) is 0 Å². The second-order valence-corrected chi connectivity index (χ2v) is 7.60. The molecule has 0 bridgehead atoms. The van der Waals surface area contributed by atoms with Crippen molar-refractivity contribution in [1.82, 2.24) is 10.3 Å². The van der Waals surface area contributed by atoms with E-state index in [2.05, 4.69) is 71.4 Å². The van der Waals surface area contributed by atoms with Crippen LogP contribution in [0.5, 0.6) is 0 Å². The zero-order valence-electron chi connectivity index (χ0n) is 15.8. The van der Waals surface area contributed by atoms with Crippen LogP contribution in [0, 0.1) is 5.92 Å². The molecular weight excluding hydrogens is 394 g/mol. The summed E-state index contributed by atoms with van der Waals surface area (Å²) >= 11 is 3.50. The molecule has 1 aromatic carbocycles. The monoisotopic (exact) mass is 421 g/mol. The van der Waals surface area contributed by atoms with Gasteiger partial charge in [-0.1, -0.05) is 49.7 Å². The van der Waals surface area contributed by atoms with E-state index in [0.29, 0.717) is 11.8 Å². The smallest absolute Gasteiger partial charge is 0.290 e. The Morgan fingerprint density at radius 1 is 1.23 bits per heavy atom. The summed E-state index contributed by atoms with van der Waals surface area (Å²) in [6.07, 6.45) is 1.99. The molecule has 3 N–H and O–H groups in total. The lowest BCUT2D eigenvalue weighted by molar-refractivity contribution is -0.122. The Bertz CT molecular complexity index is 691. The van der Waals surface area contributed by atoms with E-state index < -0.39 is 0 Å². The van der Waals surface area contributed by atoms with Crippen LogP contribution in [0.4, 0.5) is 11.5 Å². The average molecular weight is 422 g/mol. The van der Waals surface area contributed by atoms with Crippen molar-refractivity contribution < 1.29 is 9.90 Å². The number of rotatable bonds is 7. The number of benzene rings is 1. The highest BCUT2D eigenvalue weighted by atomic mass is 79.9. The molecule has 2 rings (SSSR count). The molecule has 0 fully saturated rings. The van der Waals surface area contributed by atoms with Crippen molar-refractivity contribution in [1.29, 1.82) is 0 Å². The number of nitrogens with zero attached hydrogens (tertiary/aromatic N) is 1. The average Bonchev–Trinajstić information content (AvgIpc) is 2.56. The maximum Gasteiger partial charge on any atom is 0.290 e. The lowest BCUT2D eigenvalue weighted by Crippen LogP contribution is -2.20. The Labute approximate surface area is 164 Å². The summed E-state index contributed by atoms with van der Waals surface area (Å²) in [5.41, 5.74) is 3.65. The van der Waals surface area contributed by atoms with Gasteiger partial charge >= 0.3 is 0 Å². The highest BCUT2D eigenvalue weighted by molar-refractivity contribution is 9.10. The molecule has 2 aromatic rings. The number of carbonyl (C=O) groups is 1. The molecule has 5 nitrogen and oxygen atoms in total. The van der Waals surface area contributed by atoms with Gasteiger partial charge in [0.15, 0.2) is 0 Å². The third kappa shape index (κ3) is 7.97. The summed E-state index contributed by atoms with van der Waals surface area (Å²) < 4.78 is 1.06. The first-order valence-corrected chi connectivity index (χ1v) is 9.46. The van der Waals surface area contributed by atoms with Crippen LogP contribution in [0.25, 0.3) is 0 Å². The zero-order valence-corrected chi connectivity index (χ0v) is 17.4. The second-order valence-electron chi connectivity index (χ2n) is 6.69. The van der Waals surface area contributed by atoms with E-state index in [0.717, 1.165) is 29.1 Å². The third-order valence-corrected chi connectivity index (χ3v) is 4.10. The summed E-state index contributed by atoms with van der Waals surface area (Å²) in [7, 11) is 0. The van der Waals surface area contributed by atoms with Crippen LogP contribution in [0.3, 0.4) is 0 Å². The normalized spacial score (nSPS) is 10.4. The molecule has 0 unspecified atom stereocenters. The van der Waals surface area contributed by atoms with Crippen molar-refractivity contribution in [2.24, 2.45) is 5.92 Å². The van der Waals surface area contributed by atoms with Crippen molar-refractivity contribution in [3.05, 3.63) is 52.1 Å². The van der Waals surface area contributed by atoms with E-state index in [-0.39, 0.29) is 6.47 Å². The number of hydrogen-bond acceptors (Lipinski definition) is 4. The lowest BCUT2D eigenvalue weighted by Gasteiger charge is -2.16. The standard InChI is InChI=1S/C19H26BrN3.CH2O2/c1-13(2)10-21-11-15-12-22-19(9-18(15)14(3)4)23-17-7-5-6-16(20)8-17;2-1-3/h5-9,12-14,21H,10-11H2,1-4H3,(H,22,23);1H,(H,2,3). The number of hydrogen-bond donors (Lipinski definition) is 3. The van der Waals surface area contributed by atoms with Gasteiger partial charge in [0.1, 0.15) is 5.82 Å². The SMILES string of the molecule is CC(C)CNCc1cnc(Nc2cccc(Br)c2)cc1C(C)C.O=CO. The molecular formula is C20H28BrN3O2. The maximum atomic E-state index is 8.36. The summed E-state index contributed by atoms with van der Waals surface area (Å²) in [5.74, 6) is 2.01. The summed E-state index contributed by atoms with van der Waals surface area (Å²) in [4.78, 5) is 12.9. The Hall–Kier alpha value is -1.92. The van der Waals surface area contributed by atoms with Crippen molar-refractivity contribution in [3.63, 3.8) is 0 Å². The Balaban J connectivity index is 0.00000105. The fourth-order valence-electron chi connectivity index (χ4n) is 2.46. The minimum Gasteiger partial charge on any atom is -0.483 e. The third-order valence-electron chi connectivity index (χ3n) is 3.61. The highest BCUT2D eigenvalue weighted by Crippen LogP contribution is 2.25. The van der Waals surface area contributed by atoms with E-state index in [4.69, 9.17) is 9.90 Å². The quantitative estimate of drug-likeness (QED) is 0.538. The number of aromatic nitrogens is 1. The minimum absolute atomic E-state index is 0.250. The van der Waals surface area contributed by atoms with Crippen molar-refractivity contribution in [2.45, 2.75) is 40.2 Å². The largest absolute Gasteiger partial charge is 0.483 e. The van der Waals surface area contributed by atoms with Gasteiger partial charge in [0.25, 0.3) is 6.47 Å². The van der Waals surface area contributed by atoms with E-state index >= 15 is 0 Å². The number of carboxylic acid groups (broad SMARTS) is 1. The maximum absolute atomic E-state index is 8.36. The van der Waals surface area contributed by atoms with Gasteiger partial charge in [-0.25, -0.2) is 4.98 Å². The van der Waals surface area contributed by atoms with E-state index in [1.165, 1.54) is 11.1 Å². The van der Waals surface area contributed by atoms with E-state index in [1.54, 1.807) is 0 Å². The molecule has 0 amide bonds. The predicted octanol–water partition coefficient (Wildman–Crippen LogP) is 5.16. The molecule has 6 heteroatoms. The van der Waals surface area contributed by atoms with Gasteiger partial charge in [-0.15, -0.1) is 0 Å². The summed E-state index contributed by atoms with van der Waals surface area (Å²) in [6, 6.07) is 10.3. The molecule has 0 saturated heterocycles. The summed E-state index contributed by atoms with van der Waals surface area (Å²) in [5, 5.41) is 13.8. The topological polar surface area (TPSA) is 74.2 Å². The van der Waals surface area contributed by atoms with E-state index in [9.17, 15) is 0 Å². The molecule has 0 radical (unpaired) electrons. The minimum atomic E-state index is -0.250. The van der Waals surface area contributed by atoms with Gasteiger partial charge in [-0.2, -0.15) is 0 Å². The molecule has 0 aliphatic rings. The zero-order chi connectivity index (χ0) is 19.5. The fraction of sp³-hybridized carbons (Fsp3) is 0.400.